The van der Waals surface area contributed by atoms with Crippen molar-refractivity contribution in [3.05, 3.63) is 191 Å². The van der Waals surface area contributed by atoms with Crippen molar-refractivity contribution in [2.75, 3.05) is 0 Å². The third kappa shape index (κ3) is 5.48. The van der Waals surface area contributed by atoms with E-state index in [2.05, 4.69) is 201 Å². The molecule has 0 amide bonds. The summed E-state index contributed by atoms with van der Waals surface area (Å²) in [4.78, 5) is 0. The summed E-state index contributed by atoms with van der Waals surface area (Å²) in [5.74, 6) is 0. The van der Waals surface area contributed by atoms with Gasteiger partial charge in [-0.25, -0.2) is 0 Å². The lowest BCUT2D eigenvalue weighted by molar-refractivity contribution is 1.14. The van der Waals surface area contributed by atoms with Gasteiger partial charge >= 0.3 is 0 Å². The molecule has 57 heavy (non-hydrogen) atoms. The number of hydrogen-bond acceptors (Lipinski definition) is 1. The molecule has 0 spiro atoms. The van der Waals surface area contributed by atoms with Gasteiger partial charge in [0.25, 0.3) is 0 Å². The third-order valence-corrected chi connectivity index (χ3v) is 11.8. The summed E-state index contributed by atoms with van der Waals surface area (Å²) < 4.78 is 4.83. The van der Waals surface area contributed by atoms with Gasteiger partial charge in [0.1, 0.15) is 0 Å². The standard InChI is InChI=1S/C54H41N3/c1-33-17-22-41(36(4)27-33)39-20-25-52-47(30-39)43-12-6-8-15-49(43)56(52)51-24-19-38(32-55)29-46(51)45-14-10-11-35(3)54(45)57-50-16-9-7-13-44(50)48-31-40(21-26-53(48)57)42-23-18-34(2)28-37(42)5/h6-31H,1-5H3. The molecule has 3 heteroatoms. The van der Waals surface area contributed by atoms with Crippen molar-refractivity contribution in [3.8, 4) is 50.8 Å². The molecule has 10 rings (SSSR count). The van der Waals surface area contributed by atoms with Crippen LogP contribution in [0.4, 0.5) is 0 Å². The van der Waals surface area contributed by atoms with Crippen molar-refractivity contribution in [2.24, 2.45) is 0 Å². The van der Waals surface area contributed by atoms with Gasteiger partial charge in [0.2, 0.25) is 0 Å². The predicted octanol–water partition coefficient (Wildman–Crippen LogP) is 14.3. The van der Waals surface area contributed by atoms with Gasteiger partial charge in [-0.1, -0.05) is 114 Å². The van der Waals surface area contributed by atoms with Crippen LogP contribution >= 0.6 is 0 Å². The lowest BCUT2D eigenvalue weighted by Crippen LogP contribution is -2.03. The highest BCUT2D eigenvalue weighted by atomic mass is 15.0. The summed E-state index contributed by atoms with van der Waals surface area (Å²) in [6.45, 7) is 10.9. The fourth-order valence-corrected chi connectivity index (χ4v) is 9.25. The molecular weight excluding hydrogens is 691 g/mol. The van der Waals surface area contributed by atoms with E-state index in [1.807, 2.05) is 6.07 Å². The van der Waals surface area contributed by atoms with E-state index in [-0.39, 0.29) is 0 Å². The predicted molar refractivity (Wildman–Crippen MR) is 240 cm³/mol. The van der Waals surface area contributed by atoms with Crippen molar-refractivity contribution in [2.45, 2.75) is 34.6 Å². The van der Waals surface area contributed by atoms with Crippen molar-refractivity contribution in [3.63, 3.8) is 0 Å². The van der Waals surface area contributed by atoms with Gasteiger partial charge in [-0.05, 0) is 128 Å². The Morgan fingerprint density at radius 1 is 0.386 bits per heavy atom. The Balaban J connectivity index is 1.24. The molecule has 10 aromatic rings. The number of para-hydroxylation sites is 3. The van der Waals surface area contributed by atoms with Gasteiger partial charge in [-0.15, -0.1) is 0 Å². The average Bonchev–Trinajstić information content (AvgIpc) is 3.72. The zero-order valence-corrected chi connectivity index (χ0v) is 32.9. The average molecular weight is 732 g/mol. The third-order valence-electron chi connectivity index (χ3n) is 11.8. The monoisotopic (exact) mass is 731 g/mol. The smallest absolute Gasteiger partial charge is 0.0991 e. The van der Waals surface area contributed by atoms with Crippen LogP contribution in [-0.2, 0) is 0 Å². The van der Waals surface area contributed by atoms with Crippen molar-refractivity contribution >= 4 is 43.6 Å². The molecule has 0 unspecified atom stereocenters. The van der Waals surface area contributed by atoms with Gasteiger partial charge in [0.05, 0.1) is 45.1 Å². The first-order valence-corrected chi connectivity index (χ1v) is 19.7. The van der Waals surface area contributed by atoms with Crippen LogP contribution in [0, 0.1) is 45.9 Å². The number of rotatable bonds is 5. The van der Waals surface area contributed by atoms with Crippen molar-refractivity contribution < 1.29 is 0 Å². The van der Waals surface area contributed by atoms with E-state index in [1.54, 1.807) is 0 Å². The topological polar surface area (TPSA) is 33.6 Å². The van der Waals surface area contributed by atoms with Crippen LogP contribution in [0.15, 0.2) is 158 Å². The maximum atomic E-state index is 10.3. The fourth-order valence-electron chi connectivity index (χ4n) is 9.25. The number of benzene rings is 8. The Morgan fingerprint density at radius 3 is 1.51 bits per heavy atom. The van der Waals surface area contributed by atoms with E-state index < -0.39 is 0 Å². The van der Waals surface area contributed by atoms with Crippen LogP contribution in [0.1, 0.15) is 33.4 Å². The molecule has 0 fully saturated rings. The summed E-state index contributed by atoms with van der Waals surface area (Å²) in [6.07, 6.45) is 0. The van der Waals surface area contributed by atoms with Gasteiger partial charge in [0, 0.05) is 32.7 Å². The molecule has 8 aromatic carbocycles. The normalized spacial score (nSPS) is 11.6. The second-order valence-corrected chi connectivity index (χ2v) is 15.6. The maximum Gasteiger partial charge on any atom is 0.0991 e. The van der Waals surface area contributed by atoms with E-state index in [9.17, 15) is 5.26 Å². The van der Waals surface area contributed by atoms with Gasteiger partial charge in [-0.3, -0.25) is 0 Å². The Morgan fingerprint density at radius 2 is 0.930 bits per heavy atom. The molecule has 0 saturated heterocycles. The summed E-state index contributed by atoms with van der Waals surface area (Å²) >= 11 is 0. The molecule has 0 aliphatic rings. The number of aryl methyl sites for hydroxylation is 5. The van der Waals surface area contributed by atoms with Crippen LogP contribution in [0.3, 0.4) is 0 Å². The molecule has 3 nitrogen and oxygen atoms in total. The first-order valence-electron chi connectivity index (χ1n) is 19.7. The lowest BCUT2D eigenvalue weighted by Gasteiger charge is -2.20. The molecule has 272 valence electrons. The molecule has 0 atom stereocenters. The highest BCUT2D eigenvalue weighted by Gasteiger charge is 2.22. The number of nitriles is 1. The molecule has 0 bridgehead atoms. The Bertz CT molecular complexity index is 3310. The quantitative estimate of drug-likeness (QED) is 0.173. The lowest BCUT2D eigenvalue weighted by atomic mass is 9.96. The summed E-state index contributed by atoms with van der Waals surface area (Å²) in [5.41, 5.74) is 20.5. The minimum atomic E-state index is 0.624. The highest BCUT2D eigenvalue weighted by Crippen LogP contribution is 2.43. The zero-order valence-electron chi connectivity index (χ0n) is 32.9. The van der Waals surface area contributed by atoms with Crippen LogP contribution < -0.4 is 0 Å². The molecular formula is C54H41N3. The van der Waals surface area contributed by atoms with Crippen LogP contribution in [0.2, 0.25) is 0 Å². The maximum absolute atomic E-state index is 10.3. The van der Waals surface area contributed by atoms with E-state index in [0.29, 0.717) is 5.56 Å². The van der Waals surface area contributed by atoms with Gasteiger partial charge in [0.15, 0.2) is 0 Å². The Hall–Kier alpha value is -7.15. The zero-order chi connectivity index (χ0) is 38.9. The number of hydrogen-bond donors (Lipinski definition) is 0. The van der Waals surface area contributed by atoms with Crippen LogP contribution in [0.5, 0.6) is 0 Å². The van der Waals surface area contributed by atoms with Gasteiger partial charge < -0.3 is 9.13 Å². The number of nitrogens with zero attached hydrogens (tertiary/aromatic N) is 3. The Labute approximate surface area is 333 Å². The van der Waals surface area contributed by atoms with Gasteiger partial charge in [-0.2, -0.15) is 5.26 Å². The van der Waals surface area contributed by atoms with E-state index in [4.69, 9.17) is 0 Å². The van der Waals surface area contributed by atoms with E-state index in [0.717, 1.165) is 50.1 Å². The first-order chi connectivity index (χ1) is 27.8. The minimum Gasteiger partial charge on any atom is -0.309 e. The highest BCUT2D eigenvalue weighted by molar-refractivity contribution is 6.13. The fraction of sp³-hybridized carbons (Fsp3) is 0.0926. The summed E-state index contributed by atoms with van der Waals surface area (Å²) in [6, 6.07) is 59.8. The van der Waals surface area contributed by atoms with Crippen LogP contribution in [0.25, 0.3) is 88.4 Å². The van der Waals surface area contributed by atoms with Crippen molar-refractivity contribution in [1.29, 1.82) is 5.26 Å². The van der Waals surface area contributed by atoms with Crippen LogP contribution in [-0.4, -0.2) is 9.13 Å². The largest absolute Gasteiger partial charge is 0.309 e. The summed E-state index contributed by atoms with van der Waals surface area (Å²) in [5, 5.41) is 15.2. The molecule has 2 aromatic heterocycles. The first kappa shape index (κ1) is 34.3. The molecule has 2 heterocycles. The Kier molecular flexibility index (Phi) is 7.99. The molecule has 0 aliphatic heterocycles. The molecule has 0 saturated carbocycles. The van der Waals surface area contributed by atoms with Crippen molar-refractivity contribution in [1.82, 2.24) is 9.13 Å². The molecule has 0 aliphatic carbocycles. The SMILES string of the molecule is Cc1ccc(-c2ccc3c(c2)c2ccccc2n3-c2ccc(C#N)cc2-c2cccc(C)c2-n2c3ccccc3c3cc(-c4ccc(C)cc4C)ccc32)c(C)c1. The number of fused-ring (bicyclic) bond motifs is 6. The summed E-state index contributed by atoms with van der Waals surface area (Å²) in [7, 11) is 0. The molecule has 0 radical (unpaired) electrons. The second kappa shape index (κ2) is 13.3. The van der Waals surface area contributed by atoms with E-state index >= 15 is 0 Å². The van der Waals surface area contributed by atoms with E-state index in [1.165, 1.54) is 66.1 Å². The molecule has 0 N–H and O–H groups in total. The number of aromatic nitrogens is 2. The minimum absolute atomic E-state index is 0.624. The second-order valence-electron chi connectivity index (χ2n) is 15.6.